The molecule has 0 aromatic heterocycles. The van der Waals surface area contributed by atoms with Crippen LogP contribution in [0.1, 0.15) is 12.8 Å². The average molecular weight is 161 g/mol. The number of hydrogen-bond acceptors (Lipinski definition) is 3. The number of aliphatic hydroxyl groups is 1. The average Bonchev–Trinajstić information content (AvgIpc) is 2.13. The van der Waals surface area contributed by atoms with E-state index in [1.54, 1.807) is 0 Å². The Morgan fingerprint density at radius 3 is 2.80 bits per heavy atom. The molecule has 0 radical (unpaired) electrons. The van der Waals surface area contributed by atoms with Crippen LogP contribution in [0.5, 0.6) is 0 Å². The lowest BCUT2D eigenvalue weighted by Gasteiger charge is -2.17. The van der Waals surface area contributed by atoms with Crippen LogP contribution in [0.3, 0.4) is 0 Å². The molecule has 1 fully saturated rings. The quantitative estimate of drug-likeness (QED) is 0.587. The van der Waals surface area contributed by atoms with E-state index in [0.29, 0.717) is 5.92 Å². The van der Waals surface area contributed by atoms with Crippen LogP contribution in [0.2, 0.25) is 0 Å². The fourth-order valence-corrected chi connectivity index (χ4v) is 2.35. The molecule has 1 aliphatic rings. The van der Waals surface area contributed by atoms with Gasteiger partial charge in [0.15, 0.2) is 0 Å². The molecule has 0 bridgehead atoms. The number of nitrogens with two attached hydrogens (primary N) is 1. The third-order valence-electron chi connectivity index (χ3n) is 2.07. The summed E-state index contributed by atoms with van der Waals surface area (Å²) in [5.74, 6) is 2.69. The lowest BCUT2D eigenvalue weighted by atomic mass is 9.97. The molecular weight excluding hydrogens is 146 g/mol. The molecule has 0 aromatic carbocycles. The van der Waals surface area contributed by atoms with Crippen molar-refractivity contribution in [2.75, 3.05) is 18.1 Å². The Hall–Kier alpha value is 0.270. The normalized spacial score (nSPS) is 35.4. The highest BCUT2D eigenvalue weighted by molar-refractivity contribution is 7.99. The third kappa shape index (κ3) is 2.15. The van der Waals surface area contributed by atoms with Crippen molar-refractivity contribution in [1.29, 1.82) is 0 Å². The Bertz CT molecular complexity index is 99.6. The van der Waals surface area contributed by atoms with E-state index in [2.05, 4.69) is 0 Å². The van der Waals surface area contributed by atoms with Gasteiger partial charge in [0.2, 0.25) is 0 Å². The minimum Gasteiger partial charge on any atom is -0.396 e. The van der Waals surface area contributed by atoms with E-state index in [4.69, 9.17) is 10.8 Å². The number of aliphatic hydroxyl groups excluding tert-OH is 1. The van der Waals surface area contributed by atoms with Gasteiger partial charge in [-0.15, -0.1) is 0 Å². The first-order chi connectivity index (χ1) is 4.84. The van der Waals surface area contributed by atoms with Crippen molar-refractivity contribution < 1.29 is 5.11 Å². The zero-order chi connectivity index (χ0) is 7.40. The van der Waals surface area contributed by atoms with Gasteiger partial charge in [-0.2, -0.15) is 11.8 Å². The predicted molar refractivity (Wildman–Crippen MR) is 45.1 cm³/mol. The molecule has 3 heteroatoms. The van der Waals surface area contributed by atoms with E-state index in [9.17, 15) is 0 Å². The molecule has 0 amide bonds. The monoisotopic (exact) mass is 161 g/mol. The Kier molecular flexibility index (Phi) is 3.52. The van der Waals surface area contributed by atoms with Crippen molar-refractivity contribution in [3.63, 3.8) is 0 Å². The molecule has 1 heterocycles. The lowest BCUT2D eigenvalue weighted by molar-refractivity contribution is 0.201. The fraction of sp³-hybridized carbons (Fsp3) is 1.00. The van der Waals surface area contributed by atoms with E-state index >= 15 is 0 Å². The van der Waals surface area contributed by atoms with Gasteiger partial charge >= 0.3 is 0 Å². The van der Waals surface area contributed by atoms with Gasteiger partial charge in [-0.05, 0) is 30.3 Å². The predicted octanol–water partition coefficient (Wildman–Crippen LogP) is 0.449. The molecule has 0 spiro atoms. The summed E-state index contributed by atoms with van der Waals surface area (Å²) in [4.78, 5) is 0. The van der Waals surface area contributed by atoms with Gasteiger partial charge in [0, 0.05) is 12.6 Å². The summed E-state index contributed by atoms with van der Waals surface area (Å²) in [5.41, 5.74) is 5.82. The van der Waals surface area contributed by atoms with Crippen molar-refractivity contribution in [2.45, 2.75) is 18.9 Å². The van der Waals surface area contributed by atoms with Crippen LogP contribution in [0.25, 0.3) is 0 Å². The molecule has 3 N–H and O–H groups in total. The molecule has 1 saturated heterocycles. The molecule has 0 aromatic rings. The molecule has 2 nitrogen and oxygen atoms in total. The van der Waals surface area contributed by atoms with E-state index in [-0.39, 0.29) is 12.6 Å². The lowest BCUT2D eigenvalue weighted by Crippen LogP contribution is -2.32. The highest BCUT2D eigenvalue weighted by atomic mass is 32.2. The summed E-state index contributed by atoms with van der Waals surface area (Å²) in [6, 6.07) is 0.236. The molecular formula is C7H15NOS. The van der Waals surface area contributed by atoms with Crippen LogP contribution in [0.15, 0.2) is 0 Å². The van der Waals surface area contributed by atoms with E-state index < -0.39 is 0 Å². The molecule has 0 saturated carbocycles. The first-order valence-electron chi connectivity index (χ1n) is 3.78. The van der Waals surface area contributed by atoms with Crippen LogP contribution in [0.4, 0.5) is 0 Å². The largest absolute Gasteiger partial charge is 0.396 e. The maximum absolute atomic E-state index is 8.90. The van der Waals surface area contributed by atoms with Gasteiger partial charge < -0.3 is 10.8 Å². The summed E-state index contributed by atoms with van der Waals surface area (Å²) in [5, 5.41) is 8.90. The van der Waals surface area contributed by atoms with E-state index in [1.165, 1.54) is 5.75 Å². The Morgan fingerprint density at radius 1 is 1.40 bits per heavy atom. The third-order valence-corrected chi connectivity index (χ3v) is 3.12. The Balaban J connectivity index is 2.35. The maximum atomic E-state index is 8.90. The van der Waals surface area contributed by atoms with Crippen molar-refractivity contribution in [3.05, 3.63) is 0 Å². The topological polar surface area (TPSA) is 46.2 Å². The highest BCUT2D eigenvalue weighted by Crippen LogP contribution is 2.20. The standard InChI is InChI=1S/C7H15NOS/c8-7-2-4-10-3-1-6(7)5-9/h6-7,9H,1-5,8H2/t6-,7+/m1/s1. The second-order valence-corrected chi connectivity index (χ2v) is 4.02. The molecule has 0 aliphatic carbocycles. The minimum absolute atomic E-state index is 0.236. The maximum Gasteiger partial charge on any atom is 0.0474 e. The van der Waals surface area contributed by atoms with Crippen LogP contribution in [-0.2, 0) is 0 Å². The van der Waals surface area contributed by atoms with E-state index in [1.807, 2.05) is 11.8 Å². The van der Waals surface area contributed by atoms with Gasteiger partial charge in [0.25, 0.3) is 0 Å². The summed E-state index contributed by atoms with van der Waals surface area (Å²) < 4.78 is 0. The van der Waals surface area contributed by atoms with Crippen molar-refractivity contribution in [1.82, 2.24) is 0 Å². The van der Waals surface area contributed by atoms with Gasteiger partial charge in [-0.25, -0.2) is 0 Å². The van der Waals surface area contributed by atoms with Crippen LogP contribution in [0, 0.1) is 5.92 Å². The van der Waals surface area contributed by atoms with E-state index in [0.717, 1.165) is 18.6 Å². The number of thioether (sulfide) groups is 1. The van der Waals surface area contributed by atoms with Gasteiger partial charge in [-0.1, -0.05) is 0 Å². The first-order valence-corrected chi connectivity index (χ1v) is 4.94. The first kappa shape index (κ1) is 8.37. The summed E-state index contributed by atoms with van der Waals surface area (Å²) in [6.07, 6.45) is 2.15. The smallest absolute Gasteiger partial charge is 0.0474 e. The number of rotatable bonds is 1. The Morgan fingerprint density at radius 2 is 2.10 bits per heavy atom. The van der Waals surface area contributed by atoms with Crippen molar-refractivity contribution >= 4 is 11.8 Å². The fourth-order valence-electron chi connectivity index (χ4n) is 1.23. The van der Waals surface area contributed by atoms with Crippen LogP contribution < -0.4 is 5.73 Å². The second kappa shape index (κ2) is 4.21. The summed E-state index contributed by atoms with van der Waals surface area (Å²) in [6.45, 7) is 0.266. The molecule has 1 rings (SSSR count). The molecule has 1 aliphatic heterocycles. The zero-order valence-electron chi connectivity index (χ0n) is 6.12. The SMILES string of the molecule is N[C@H]1CCSCC[C@@H]1CO. The summed E-state index contributed by atoms with van der Waals surface area (Å²) >= 11 is 1.95. The van der Waals surface area contributed by atoms with Gasteiger partial charge in [-0.3, -0.25) is 0 Å². The van der Waals surface area contributed by atoms with Crippen molar-refractivity contribution in [2.24, 2.45) is 11.7 Å². The zero-order valence-corrected chi connectivity index (χ0v) is 6.94. The summed E-state index contributed by atoms with van der Waals surface area (Å²) in [7, 11) is 0. The number of hydrogen-bond donors (Lipinski definition) is 2. The molecule has 10 heavy (non-hydrogen) atoms. The van der Waals surface area contributed by atoms with Gasteiger partial charge in [0.1, 0.15) is 0 Å². The molecule has 0 unspecified atom stereocenters. The van der Waals surface area contributed by atoms with Gasteiger partial charge in [0.05, 0.1) is 0 Å². The highest BCUT2D eigenvalue weighted by Gasteiger charge is 2.18. The van der Waals surface area contributed by atoms with Crippen LogP contribution in [-0.4, -0.2) is 29.3 Å². The van der Waals surface area contributed by atoms with Crippen LogP contribution >= 0.6 is 11.8 Å². The Labute approximate surface area is 66.2 Å². The molecule has 2 atom stereocenters. The van der Waals surface area contributed by atoms with Crippen molar-refractivity contribution in [3.8, 4) is 0 Å². The minimum atomic E-state index is 0.236. The second-order valence-electron chi connectivity index (χ2n) is 2.80. The molecule has 60 valence electrons.